The Labute approximate surface area is 182 Å². The number of hydrogen-bond acceptors (Lipinski definition) is 5. The summed E-state index contributed by atoms with van der Waals surface area (Å²) >= 11 is 0. The highest BCUT2D eigenvalue weighted by Gasteiger charge is 2.26. The van der Waals surface area contributed by atoms with Gasteiger partial charge >= 0.3 is 0 Å². The van der Waals surface area contributed by atoms with E-state index in [2.05, 4.69) is 14.7 Å². The van der Waals surface area contributed by atoms with E-state index in [0.717, 1.165) is 16.7 Å². The number of fused-ring (bicyclic) bond motifs is 1. The molecule has 0 unspecified atom stereocenters. The molecule has 0 aliphatic carbocycles. The summed E-state index contributed by atoms with van der Waals surface area (Å²) in [5.41, 5.74) is 3.81. The SMILES string of the molecule is Cc1ccc(-c2nn(C(C)(C)C)c3ncnc(NS(=O)(=O)c4ccc(C)cc4)c23)cc1. The number of anilines is 1. The fourth-order valence-corrected chi connectivity index (χ4v) is 4.34. The molecule has 0 radical (unpaired) electrons. The summed E-state index contributed by atoms with van der Waals surface area (Å²) in [4.78, 5) is 8.89. The largest absolute Gasteiger partial charge is 0.263 e. The van der Waals surface area contributed by atoms with E-state index in [1.165, 1.54) is 6.33 Å². The normalized spacial score (nSPS) is 12.3. The highest BCUT2D eigenvalue weighted by atomic mass is 32.2. The van der Waals surface area contributed by atoms with Gasteiger partial charge in [-0.05, 0) is 46.8 Å². The zero-order valence-electron chi connectivity index (χ0n) is 18.2. The molecule has 8 heteroatoms. The van der Waals surface area contributed by atoms with Crippen molar-refractivity contribution in [2.75, 3.05) is 4.72 Å². The third-order valence-corrected chi connectivity index (χ3v) is 6.34. The van der Waals surface area contributed by atoms with Crippen LogP contribution in [0, 0.1) is 13.8 Å². The number of hydrogen-bond donors (Lipinski definition) is 1. The maximum atomic E-state index is 13.1. The number of aryl methyl sites for hydroxylation is 2. The van der Waals surface area contributed by atoms with Crippen LogP contribution in [0.1, 0.15) is 31.9 Å². The monoisotopic (exact) mass is 435 g/mol. The maximum absolute atomic E-state index is 13.1. The number of benzene rings is 2. The van der Waals surface area contributed by atoms with Gasteiger partial charge < -0.3 is 0 Å². The van der Waals surface area contributed by atoms with Crippen molar-refractivity contribution in [3.63, 3.8) is 0 Å². The minimum Gasteiger partial charge on any atom is -0.263 e. The molecule has 160 valence electrons. The van der Waals surface area contributed by atoms with Crippen LogP contribution in [-0.2, 0) is 15.6 Å². The first-order valence-electron chi connectivity index (χ1n) is 9.97. The summed E-state index contributed by atoms with van der Waals surface area (Å²) in [6.07, 6.45) is 1.36. The summed E-state index contributed by atoms with van der Waals surface area (Å²) in [5, 5.41) is 5.38. The summed E-state index contributed by atoms with van der Waals surface area (Å²) in [6, 6.07) is 14.6. The number of aromatic nitrogens is 4. The van der Waals surface area contributed by atoms with Crippen LogP contribution in [0.15, 0.2) is 59.8 Å². The minimum absolute atomic E-state index is 0.171. The van der Waals surface area contributed by atoms with Crippen LogP contribution in [0.25, 0.3) is 22.3 Å². The molecular weight excluding hydrogens is 410 g/mol. The Hall–Kier alpha value is -3.26. The van der Waals surface area contributed by atoms with Crippen molar-refractivity contribution in [2.24, 2.45) is 0 Å². The van der Waals surface area contributed by atoms with E-state index >= 15 is 0 Å². The van der Waals surface area contributed by atoms with Crippen LogP contribution in [0.3, 0.4) is 0 Å². The van der Waals surface area contributed by atoms with Gasteiger partial charge in [0, 0.05) is 5.56 Å². The van der Waals surface area contributed by atoms with Gasteiger partial charge in [0.25, 0.3) is 10.0 Å². The molecular formula is C23H25N5O2S. The fraction of sp³-hybridized carbons (Fsp3) is 0.261. The Morgan fingerprint density at radius 3 is 2.03 bits per heavy atom. The number of nitrogens with zero attached hydrogens (tertiary/aromatic N) is 4. The molecule has 7 nitrogen and oxygen atoms in total. The van der Waals surface area contributed by atoms with Crippen molar-refractivity contribution in [3.05, 3.63) is 66.0 Å². The quantitative estimate of drug-likeness (QED) is 0.503. The fourth-order valence-electron chi connectivity index (χ4n) is 3.31. The second kappa shape index (κ2) is 7.46. The van der Waals surface area contributed by atoms with Gasteiger partial charge in [0.05, 0.1) is 15.8 Å². The lowest BCUT2D eigenvalue weighted by Crippen LogP contribution is -2.23. The first-order chi connectivity index (χ1) is 14.6. The number of sulfonamides is 1. The molecule has 0 saturated carbocycles. The van der Waals surface area contributed by atoms with Gasteiger partial charge in [-0.3, -0.25) is 4.72 Å². The lowest BCUT2D eigenvalue weighted by molar-refractivity contribution is 0.367. The van der Waals surface area contributed by atoms with E-state index in [4.69, 9.17) is 5.10 Å². The molecule has 0 amide bonds. The number of rotatable bonds is 4. The zero-order chi connectivity index (χ0) is 22.4. The van der Waals surface area contributed by atoms with Gasteiger partial charge in [0.2, 0.25) is 0 Å². The molecule has 2 aromatic carbocycles. The Bertz CT molecular complexity index is 1350. The van der Waals surface area contributed by atoms with Crippen molar-refractivity contribution in [2.45, 2.75) is 45.1 Å². The van der Waals surface area contributed by atoms with Gasteiger partial charge in [-0.1, -0.05) is 47.5 Å². The lowest BCUT2D eigenvalue weighted by Gasteiger charge is -2.19. The Kier molecular flexibility index (Phi) is 5.05. The Balaban J connectivity index is 1.93. The molecule has 31 heavy (non-hydrogen) atoms. The average Bonchev–Trinajstić information content (AvgIpc) is 3.10. The summed E-state index contributed by atoms with van der Waals surface area (Å²) in [6.45, 7) is 10.00. The minimum atomic E-state index is -3.83. The van der Waals surface area contributed by atoms with Crippen LogP contribution < -0.4 is 4.72 Å². The maximum Gasteiger partial charge on any atom is 0.263 e. The smallest absolute Gasteiger partial charge is 0.263 e. The van der Waals surface area contributed by atoms with Crippen molar-refractivity contribution < 1.29 is 8.42 Å². The molecule has 4 rings (SSSR count). The molecule has 0 aliphatic heterocycles. The molecule has 0 atom stereocenters. The molecule has 4 aromatic rings. The summed E-state index contributed by atoms with van der Waals surface area (Å²) in [5.74, 6) is 0.205. The van der Waals surface area contributed by atoms with Crippen LogP contribution in [-0.4, -0.2) is 28.2 Å². The summed E-state index contributed by atoms with van der Waals surface area (Å²) in [7, 11) is -3.83. The van der Waals surface area contributed by atoms with Crippen molar-refractivity contribution in [3.8, 4) is 11.3 Å². The lowest BCUT2D eigenvalue weighted by atomic mass is 10.1. The molecule has 0 aliphatic rings. The molecule has 0 fully saturated rings. The van der Waals surface area contributed by atoms with Gasteiger partial charge in [-0.2, -0.15) is 5.10 Å². The van der Waals surface area contributed by atoms with E-state index < -0.39 is 10.0 Å². The Morgan fingerprint density at radius 2 is 1.45 bits per heavy atom. The van der Waals surface area contributed by atoms with E-state index in [-0.39, 0.29) is 16.3 Å². The van der Waals surface area contributed by atoms with Crippen molar-refractivity contribution in [1.29, 1.82) is 0 Å². The molecule has 2 heterocycles. The highest BCUT2D eigenvalue weighted by molar-refractivity contribution is 7.92. The van der Waals surface area contributed by atoms with Crippen molar-refractivity contribution in [1.82, 2.24) is 19.7 Å². The summed E-state index contributed by atoms with van der Waals surface area (Å²) < 4.78 is 30.6. The van der Waals surface area contributed by atoms with Gasteiger partial charge in [-0.15, -0.1) is 0 Å². The van der Waals surface area contributed by atoms with Crippen LogP contribution in [0.4, 0.5) is 5.82 Å². The van der Waals surface area contributed by atoms with Gasteiger partial charge in [0.1, 0.15) is 12.0 Å². The van der Waals surface area contributed by atoms with Crippen LogP contribution >= 0.6 is 0 Å². The van der Waals surface area contributed by atoms with Crippen LogP contribution in [0.5, 0.6) is 0 Å². The molecule has 2 aromatic heterocycles. The standard InChI is InChI=1S/C23H25N5O2S/c1-15-6-10-17(11-7-15)20-19-21(24-14-25-22(19)28(26-20)23(3,4)5)27-31(29,30)18-12-8-16(2)9-13-18/h6-14H,1-5H3,(H,24,25,27). The first kappa shape index (κ1) is 21.0. The molecule has 0 bridgehead atoms. The molecule has 0 saturated heterocycles. The second-order valence-corrected chi connectivity index (χ2v) is 10.3. The average molecular weight is 436 g/mol. The van der Waals surface area contributed by atoms with Crippen molar-refractivity contribution >= 4 is 26.9 Å². The third-order valence-electron chi connectivity index (χ3n) is 4.99. The molecule has 1 N–H and O–H groups in total. The van der Waals surface area contributed by atoms with Crippen LogP contribution in [0.2, 0.25) is 0 Å². The third kappa shape index (κ3) is 4.03. The molecule has 0 spiro atoms. The second-order valence-electron chi connectivity index (χ2n) is 8.64. The van der Waals surface area contributed by atoms with E-state index in [1.807, 2.05) is 63.6 Å². The predicted molar refractivity (Wildman–Crippen MR) is 122 cm³/mol. The van der Waals surface area contributed by atoms with Gasteiger partial charge in [0.15, 0.2) is 11.5 Å². The Morgan fingerprint density at radius 1 is 0.871 bits per heavy atom. The first-order valence-corrected chi connectivity index (χ1v) is 11.5. The zero-order valence-corrected chi connectivity index (χ0v) is 19.0. The number of nitrogens with one attached hydrogen (secondary N) is 1. The van der Waals surface area contributed by atoms with Gasteiger partial charge in [-0.25, -0.2) is 23.1 Å². The predicted octanol–water partition coefficient (Wildman–Crippen LogP) is 4.67. The van der Waals surface area contributed by atoms with E-state index in [1.54, 1.807) is 24.3 Å². The van der Waals surface area contributed by atoms with E-state index in [0.29, 0.717) is 16.7 Å². The van der Waals surface area contributed by atoms with E-state index in [9.17, 15) is 8.42 Å². The topological polar surface area (TPSA) is 89.8 Å². The highest BCUT2D eigenvalue weighted by Crippen LogP contribution is 2.34.